The Hall–Kier alpha value is -0.120. The third-order valence-electron chi connectivity index (χ3n) is 2.55. The van der Waals surface area contributed by atoms with Gasteiger partial charge in [0.25, 0.3) is 0 Å². The molecule has 0 heterocycles. The predicted molar refractivity (Wildman–Crippen MR) is 66.2 cm³/mol. The van der Waals surface area contributed by atoms with Crippen molar-refractivity contribution in [3.63, 3.8) is 0 Å². The molecule has 0 aromatic rings. The van der Waals surface area contributed by atoms with E-state index < -0.39 is 0 Å². The molecule has 15 heavy (non-hydrogen) atoms. The van der Waals surface area contributed by atoms with Gasteiger partial charge in [0.05, 0.1) is 6.10 Å². The van der Waals surface area contributed by atoms with Crippen molar-refractivity contribution in [1.82, 2.24) is 10.2 Å². The van der Waals surface area contributed by atoms with E-state index in [0.29, 0.717) is 0 Å². The Bertz CT molecular complexity index is 131. The normalized spacial score (nSPS) is 13.4. The summed E-state index contributed by atoms with van der Waals surface area (Å²) in [4.78, 5) is 2.32. The summed E-state index contributed by atoms with van der Waals surface area (Å²) >= 11 is 0. The molecular formula is C12H28N2O. The van der Waals surface area contributed by atoms with Gasteiger partial charge >= 0.3 is 0 Å². The van der Waals surface area contributed by atoms with Gasteiger partial charge in [0, 0.05) is 13.1 Å². The van der Waals surface area contributed by atoms with Gasteiger partial charge < -0.3 is 15.3 Å². The standard InChI is InChI=1S/C12H28N2O/c1-4-7-9-14(6-3)11-12(15)10-13-8-5-2/h12-13,15H,4-11H2,1-3H3. The Labute approximate surface area is 94.9 Å². The van der Waals surface area contributed by atoms with Crippen LogP contribution in [0.1, 0.15) is 40.0 Å². The van der Waals surface area contributed by atoms with Gasteiger partial charge in [-0.2, -0.15) is 0 Å². The molecule has 0 aromatic carbocycles. The van der Waals surface area contributed by atoms with Crippen LogP contribution in [0.4, 0.5) is 0 Å². The lowest BCUT2D eigenvalue weighted by Gasteiger charge is -2.23. The van der Waals surface area contributed by atoms with Crippen molar-refractivity contribution >= 4 is 0 Å². The minimum Gasteiger partial charge on any atom is -0.390 e. The second-order valence-corrected chi connectivity index (χ2v) is 4.10. The molecular weight excluding hydrogens is 188 g/mol. The average molecular weight is 216 g/mol. The van der Waals surface area contributed by atoms with Crippen LogP contribution in [-0.4, -0.2) is 48.8 Å². The van der Waals surface area contributed by atoms with E-state index in [1.54, 1.807) is 0 Å². The lowest BCUT2D eigenvalue weighted by Crippen LogP contribution is -2.38. The fourth-order valence-electron chi connectivity index (χ4n) is 1.57. The Kier molecular flexibility index (Phi) is 10.3. The lowest BCUT2D eigenvalue weighted by atomic mass is 10.2. The van der Waals surface area contributed by atoms with Gasteiger partial charge in [-0.3, -0.25) is 0 Å². The molecule has 0 rings (SSSR count). The van der Waals surface area contributed by atoms with Gasteiger partial charge in [-0.1, -0.05) is 27.2 Å². The number of unbranched alkanes of at least 4 members (excludes halogenated alkanes) is 1. The number of rotatable bonds is 10. The van der Waals surface area contributed by atoms with Crippen LogP contribution in [0.5, 0.6) is 0 Å². The summed E-state index contributed by atoms with van der Waals surface area (Å²) in [6.07, 6.45) is 3.34. The summed E-state index contributed by atoms with van der Waals surface area (Å²) in [5.74, 6) is 0. The number of nitrogens with zero attached hydrogens (tertiary/aromatic N) is 1. The second kappa shape index (κ2) is 10.4. The molecule has 0 amide bonds. The zero-order valence-electron chi connectivity index (χ0n) is 10.6. The van der Waals surface area contributed by atoms with E-state index in [1.807, 2.05) is 0 Å². The molecule has 0 fully saturated rings. The Morgan fingerprint density at radius 2 is 1.93 bits per heavy atom. The molecule has 1 unspecified atom stereocenters. The summed E-state index contributed by atoms with van der Waals surface area (Å²) in [5, 5.41) is 13.0. The molecule has 2 N–H and O–H groups in total. The van der Waals surface area contributed by atoms with Gasteiger partial charge in [0.2, 0.25) is 0 Å². The molecule has 0 saturated carbocycles. The first-order valence-electron chi connectivity index (χ1n) is 6.35. The van der Waals surface area contributed by atoms with Crippen LogP contribution in [0, 0.1) is 0 Å². The highest BCUT2D eigenvalue weighted by molar-refractivity contribution is 4.65. The first kappa shape index (κ1) is 14.9. The van der Waals surface area contributed by atoms with Crippen molar-refractivity contribution in [2.75, 3.05) is 32.7 Å². The van der Waals surface area contributed by atoms with Crippen LogP contribution >= 0.6 is 0 Å². The molecule has 0 aromatic heterocycles. The molecule has 0 spiro atoms. The maximum atomic E-state index is 9.77. The zero-order valence-corrected chi connectivity index (χ0v) is 10.6. The topological polar surface area (TPSA) is 35.5 Å². The SMILES string of the molecule is CCCCN(CC)CC(O)CNCCC. The molecule has 0 radical (unpaired) electrons. The molecule has 0 bridgehead atoms. The molecule has 1 atom stereocenters. The van der Waals surface area contributed by atoms with Crippen LogP contribution < -0.4 is 5.32 Å². The van der Waals surface area contributed by atoms with Crippen molar-refractivity contribution in [1.29, 1.82) is 0 Å². The van der Waals surface area contributed by atoms with Crippen LogP contribution in [0.15, 0.2) is 0 Å². The second-order valence-electron chi connectivity index (χ2n) is 4.10. The van der Waals surface area contributed by atoms with Crippen LogP contribution in [-0.2, 0) is 0 Å². The Morgan fingerprint density at radius 3 is 2.47 bits per heavy atom. The van der Waals surface area contributed by atoms with Gasteiger partial charge in [0.1, 0.15) is 0 Å². The summed E-state index contributed by atoms with van der Waals surface area (Å²) < 4.78 is 0. The van der Waals surface area contributed by atoms with Crippen LogP contribution in [0.25, 0.3) is 0 Å². The van der Waals surface area contributed by atoms with E-state index in [0.717, 1.165) is 39.1 Å². The van der Waals surface area contributed by atoms with E-state index in [-0.39, 0.29) is 6.10 Å². The number of aliphatic hydroxyl groups excluding tert-OH is 1. The highest BCUT2D eigenvalue weighted by Gasteiger charge is 2.08. The van der Waals surface area contributed by atoms with Crippen molar-refractivity contribution in [2.24, 2.45) is 0 Å². The number of likely N-dealkylation sites (N-methyl/N-ethyl adjacent to an activating group) is 1. The average Bonchev–Trinajstić information content (AvgIpc) is 2.24. The maximum absolute atomic E-state index is 9.77. The maximum Gasteiger partial charge on any atom is 0.0791 e. The highest BCUT2D eigenvalue weighted by Crippen LogP contribution is 1.96. The predicted octanol–water partition coefficient (Wildman–Crippen LogP) is 1.47. The largest absolute Gasteiger partial charge is 0.390 e. The van der Waals surface area contributed by atoms with Crippen molar-refractivity contribution in [2.45, 2.75) is 46.1 Å². The van der Waals surface area contributed by atoms with Crippen molar-refractivity contribution < 1.29 is 5.11 Å². The number of aliphatic hydroxyl groups is 1. The number of hydrogen-bond acceptors (Lipinski definition) is 3. The molecule has 0 saturated heterocycles. The monoisotopic (exact) mass is 216 g/mol. The summed E-state index contributed by atoms with van der Waals surface area (Å²) in [7, 11) is 0. The fraction of sp³-hybridized carbons (Fsp3) is 1.00. The van der Waals surface area contributed by atoms with Crippen LogP contribution in [0.2, 0.25) is 0 Å². The lowest BCUT2D eigenvalue weighted by molar-refractivity contribution is 0.113. The first-order valence-corrected chi connectivity index (χ1v) is 6.35. The molecule has 3 nitrogen and oxygen atoms in total. The Morgan fingerprint density at radius 1 is 1.20 bits per heavy atom. The molecule has 3 heteroatoms. The first-order chi connectivity index (χ1) is 7.24. The third kappa shape index (κ3) is 8.85. The van der Waals surface area contributed by atoms with E-state index in [4.69, 9.17) is 0 Å². The number of hydrogen-bond donors (Lipinski definition) is 2. The van der Waals surface area contributed by atoms with E-state index in [9.17, 15) is 5.11 Å². The zero-order chi connectivity index (χ0) is 11.5. The molecule has 0 aliphatic heterocycles. The Balaban J connectivity index is 3.55. The smallest absolute Gasteiger partial charge is 0.0791 e. The fourth-order valence-corrected chi connectivity index (χ4v) is 1.57. The van der Waals surface area contributed by atoms with Crippen molar-refractivity contribution in [3.05, 3.63) is 0 Å². The summed E-state index contributed by atoms with van der Waals surface area (Å²) in [6, 6.07) is 0. The third-order valence-corrected chi connectivity index (χ3v) is 2.55. The minimum absolute atomic E-state index is 0.228. The van der Waals surface area contributed by atoms with Gasteiger partial charge in [-0.25, -0.2) is 0 Å². The van der Waals surface area contributed by atoms with E-state index >= 15 is 0 Å². The molecule has 0 aliphatic rings. The molecule has 92 valence electrons. The van der Waals surface area contributed by atoms with E-state index in [1.165, 1.54) is 12.8 Å². The van der Waals surface area contributed by atoms with Crippen LogP contribution in [0.3, 0.4) is 0 Å². The highest BCUT2D eigenvalue weighted by atomic mass is 16.3. The molecule has 0 aliphatic carbocycles. The number of nitrogens with one attached hydrogen (secondary N) is 1. The minimum atomic E-state index is -0.228. The van der Waals surface area contributed by atoms with Gasteiger partial charge in [-0.15, -0.1) is 0 Å². The quantitative estimate of drug-likeness (QED) is 0.543. The van der Waals surface area contributed by atoms with Gasteiger partial charge in [-0.05, 0) is 32.5 Å². The summed E-state index contributed by atoms with van der Waals surface area (Å²) in [6.45, 7) is 11.2. The van der Waals surface area contributed by atoms with Gasteiger partial charge in [0.15, 0.2) is 0 Å². The van der Waals surface area contributed by atoms with E-state index in [2.05, 4.69) is 31.0 Å². The summed E-state index contributed by atoms with van der Waals surface area (Å²) in [5.41, 5.74) is 0. The van der Waals surface area contributed by atoms with Crippen molar-refractivity contribution in [3.8, 4) is 0 Å².